The molecule has 3 nitrogen and oxygen atoms in total. The first-order valence-corrected chi connectivity index (χ1v) is 6.37. The summed E-state index contributed by atoms with van der Waals surface area (Å²) in [6, 6.07) is 0. The Morgan fingerprint density at radius 2 is 1.85 bits per heavy atom. The molecule has 0 saturated heterocycles. The maximum atomic E-state index is 11.0. The summed E-state index contributed by atoms with van der Waals surface area (Å²) < 4.78 is 11.0. The summed E-state index contributed by atoms with van der Waals surface area (Å²) in [6.45, 7) is 7.47. The van der Waals surface area contributed by atoms with Crippen molar-refractivity contribution < 1.29 is 14.4 Å². The lowest BCUT2D eigenvalue weighted by atomic mass is 9.97. The van der Waals surface area contributed by atoms with E-state index in [1.807, 2.05) is 0 Å². The van der Waals surface area contributed by atoms with Crippen molar-refractivity contribution in [2.45, 2.75) is 52.1 Å². The molecule has 0 saturated carbocycles. The van der Waals surface area contributed by atoms with E-state index in [-0.39, 0.29) is 0 Å². The van der Waals surface area contributed by atoms with Gasteiger partial charge in [0.2, 0.25) is 0 Å². The highest BCUT2D eigenvalue weighted by molar-refractivity contribution is 7.53. The van der Waals surface area contributed by atoms with Crippen LogP contribution in [0.3, 0.4) is 0 Å². The highest BCUT2D eigenvalue weighted by Gasteiger charge is 2.37. The average molecular weight is 208 g/mol. The molecule has 0 heterocycles. The molecule has 0 fully saturated rings. The molecule has 4 heteroatoms. The molecule has 0 aliphatic heterocycles. The standard InChI is InChI=1S/C9H21O3P/c1-5-8(2)6-7-9(3,4)13(10,11)12/h8H,5-7H2,1-4H3,(H2,10,11,12). The predicted octanol–water partition coefficient (Wildman–Crippen LogP) is 2.77. The molecule has 2 N–H and O–H groups in total. The van der Waals surface area contributed by atoms with Crippen molar-refractivity contribution in [2.75, 3.05) is 0 Å². The van der Waals surface area contributed by atoms with Crippen LogP contribution in [-0.2, 0) is 4.57 Å². The van der Waals surface area contributed by atoms with Gasteiger partial charge in [-0.1, -0.05) is 20.3 Å². The summed E-state index contributed by atoms with van der Waals surface area (Å²) in [5.41, 5.74) is 0. The monoisotopic (exact) mass is 208 g/mol. The molecule has 13 heavy (non-hydrogen) atoms. The second-order valence-corrected chi connectivity index (χ2v) is 6.71. The van der Waals surface area contributed by atoms with Gasteiger partial charge in [0.25, 0.3) is 0 Å². The Balaban J connectivity index is 4.12. The molecule has 0 bridgehead atoms. The summed E-state index contributed by atoms with van der Waals surface area (Å²) in [5.74, 6) is 0.547. The van der Waals surface area contributed by atoms with Gasteiger partial charge < -0.3 is 9.79 Å². The SMILES string of the molecule is CCC(C)CCC(C)(C)P(=O)(O)O. The zero-order valence-corrected chi connectivity index (χ0v) is 9.84. The van der Waals surface area contributed by atoms with E-state index < -0.39 is 12.8 Å². The maximum absolute atomic E-state index is 11.0. The van der Waals surface area contributed by atoms with Crippen LogP contribution in [0.1, 0.15) is 47.0 Å². The minimum atomic E-state index is -3.94. The van der Waals surface area contributed by atoms with Gasteiger partial charge in [-0.3, -0.25) is 4.57 Å². The largest absolute Gasteiger partial charge is 0.331 e. The highest BCUT2D eigenvalue weighted by atomic mass is 31.2. The molecule has 0 aromatic rings. The summed E-state index contributed by atoms with van der Waals surface area (Å²) in [6.07, 6.45) is 2.54. The number of hydrogen-bond donors (Lipinski definition) is 2. The van der Waals surface area contributed by atoms with Crippen molar-refractivity contribution in [1.29, 1.82) is 0 Å². The van der Waals surface area contributed by atoms with E-state index >= 15 is 0 Å². The Kier molecular flexibility index (Phi) is 4.64. The van der Waals surface area contributed by atoms with Gasteiger partial charge in [0.1, 0.15) is 0 Å². The van der Waals surface area contributed by atoms with E-state index in [2.05, 4.69) is 13.8 Å². The van der Waals surface area contributed by atoms with Crippen molar-refractivity contribution in [2.24, 2.45) is 5.92 Å². The van der Waals surface area contributed by atoms with Crippen LogP contribution in [0.25, 0.3) is 0 Å². The first-order chi connectivity index (χ1) is 5.70. The van der Waals surface area contributed by atoms with E-state index in [0.717, 1.165) is 12.8 Å². The summed E-state index contributed by atoms with van der Waals surface area (Å²) in [7, 11) is -3.94. The zero-order valence-electron chi connectivity index (χ0n) is 8.95. The third-order valence-corrected chi connectivity index (χ3v) is 4.54. The number of rotatable bonds is 5. The van der Waals surface area contributed by atoms with Crippen molar-refractivity contribution in [1.82, 2.24) is 0 Å². The van der Waals surface area contributed by atoms with Gasteiger partial charge in [0, 0.05) is 0 Å². The molecule has 0 aromatic carbocycles. The molecular formula is C9H21O3P. The fourth-order valence-electron chi connectivity index (χ4n) is 0.949. The Morgan fingerprint density at radius 3 is 2.15 bits per heavy atom. The molecule has 0 aliphatic carbocycles. The Hall–Kier alpha value is 0.150. The van der Waals surface area contributed by atoms with Gasteiger partial charge in [-0.15, -0.1) is 0 Å². The number of hydrogen-bond acceptors (Lipinski definition) is 1. The van der Waals surface area contributed by atoms with Crippen molar-refractivity contribution in [3.63, 3.8) is 0 Å². The first-order valence-electron chi connectivity index (χ1n) is 4.76. The minimum absolute atomic E-state index is 0.547. The summed E-state index contributed by atoms with van der Waals surface area (Å²) >= 11 is 0. The molecule has 0 spiro atoms. The molecule has 1 atom stereocenters. The van der Waals surface area contributed by atoms with E-state index in [1.54, 1.807) is 13.8 Å². The molecular weight excluding hydrogens is 187 g/mol. The first kappa shape index (κ1) is 13.2. The second-order valence-electron chi connectivity index (χ2n) is 4.41. The molecule has 0 radical (unpaired) electrons. The van der Waals surface area contributed by atoms with Crippen molar-refractivity contribution in [3.05, 3.63) is 0 Å². The topological polar surface area (TPSA) is 57.5 Å². The quantitative estimate of drug-likeness (QED) is 0.683. The Labute approximate surface area is 80.7 Å². The lowest BCUT2D eigenvalue weighted by Crippen LogP contribution is -2.20. The maximum Gasteiger partial charge on any atom is 0.331 e. The third-order valence-electron chi connectivity index (χ3n) is 2.73. The molecule has 1 unspecified atom stereocenters. The average Bonchev–Trinajstić information content (AvgIpc) is 1.98. The van der Waals surface area contributed by atoms with E-state index in [1.165, 1.54) is 0 Å². The van der Waals surface area contributed by atoms with Crippen LogP contribution in [-0.4, -0.2) is 14.9 Å². The van der Waals surface area contributed by atoms with E-state index in [0.29, 0.717) is 12.3 Å². The summed E-state index contributed by atoms with van der Waals surface area (Å²) in [4.78, 5) is 18.1. The predicted molar refractivity (Wildman–Crippen MR) is 54.8 cm³/mol. The smallest absolute Gasteiger partial charge is 0.324 e. The normalized spacial score (nSPS) is 15.8. The highest BCUT2D eigenvalue weighted by Crippen LogP contribution is 2.52. The van der Waals surface area contributed by atoms with Gasteiger partial charge in [0.15, 0.2) is 0 Å². The fraction of sp³-hybridized carbons (Fsp3) is 1.00. The molecule has 0 aliphatic rings. The van der Waals surface area contributed by atoms with Crippen LogP contribution in [0.2, 0.25) is 0 Å². The molecule has 0 rings (SSSR count). The molecule has 80 valence electrons. The van der Waals surface area contributed by atoms with E-state index in [9.17, 15) is 4.57 Å². The van der Waals surface area contributed by atoms with Crippen LogP contribution in [0, 0.1) is 5.92 Å². The van der Waals surface area contributed by atoms with Crippen LogP contribution in [0.5, 0.6) is 0 Å². The fourth-order valence-corrected chi connectivity index (χ4v) is 1.37. The van der Waals surface area contributed by atoms with Crippen LogP contribution in [0.15, 0.2) is 0 Å². The molecule has 0 amide bonds. The van der Waals surface area contributed by atoms with Crippen LogP contribution in [0.4, 0.5) is 0 Å². The van der Waals surface area contributed by atoms with E-state index in [4.69, 9.17) is 9.79 Å². The van der Waals surface area contributed by atoms with Crippen molar-refractivity contribution >= 4 is 7.60 Å². The Bertz CT molecular complexity index is 195. The van der Waals surface area contributed by atoms with Gasteiger partial charge >= 0.3 is 7.60 Å². The summed E-state index contributed by atoms with van der Waals surface area (Å²) in [5, 5.41) is -0.865. The lowest BCUT2D eigenvalue weighted by Gasteiger charge is -2.26. The third kappa shape index (κ3) is 4.26. The van der Waals surface area contributed by atoms with Gasteiger partial charge in [-0.05, 0) is 32.6 Å². The van der Waals surface area contributed by atoms with Crippen LogP contribution < -0.4 is 0 Å². The lowest BCUT2D eigenvalue weighted by molar-refractivity contribution is 0.320. The van der Waals surface area contributed by atoms with Crippen LogP contribution >= 0.6 is 7.60 Å². The second kappa shape index (κ2) is 4.59. The Morgan fingerprint density at radius 1 is 1.38 bits per heavy atom. The molecule has 0 aromatic heterocycles. The van der Waals surface area contributed by atoms with Gasteiger partial charge in [-0.2, -0.15) is 0 Å². The zero-order chi connectivity index (χ0) is 10.7. The minimum Gasteiger partial charge on any atom is -0.324 e. The van der Waals surface area contributed by atoms with Crippen molar-refractivity contribution in [3.8, 4) is 0 Å². The van der Waals surface area contributed by atoms with Gasteiger partial charge in [0.05, 0.1) is 5.16 Å². The van der Waals surface area contributed by atoms with Gasteiger partial charge in [-0.25, -0.2) is 0 Å².